The van der Waals surface area contributed by atoms with Crippen molar-refractivity contribution in [2.75, 3.05) is 32.8 Å². The van der Waals surface area contributed by atoms with Crippen molar-refractivity contribution in [1.29, 1.82) is 0 Å². The predicted molar refractivity (Wildman–Crippen MR) is 87.2 cm³/mol. The summed E-state index contributed by atoms with van der Waals surface area (Å²) in [5.41, 5.74) is 0. The summed E-state index contributed by atoms with van der Waals surface area (Å²) >= 11 is 0. The first-order valence-electron chi connectivity index (χ1n) is 8.69. The van der Waals surface area contributed by atoms with E-state index in [0.29, 0.717) is 12.1 Å². The van der Waals surface area contributed by atoms with Crippen molar-refractivity contribution in [1.82, 2.24) is 10.2 Å². The number of nitrogens with zero attached hydrogens (tertiary/aromatic N) is 1. The van der Waals surface area contributed by atoms with Crippen LogP contribution in [0.5, 0.6) is 0 Å². The number of hydrogen-bond donors (Lipinski definition) is 1. The van der Waals surface area contributed by atoms with Crippen molar-refractivity contribution in [2.45, 2.75) is 71.9 Å². The number of likely N-dealkylation sites (tertiary alicyclic amines) is 1. The van der Waals surface area contributed by atoms with Crippen LogP contribution in [0.25, 0.3) is 0 Å². The Morgan fingerprint density at radius 2 is 2.05 bits per heavy atom. The van der Waals surface area contributed by atoms with Crippen LogP contribution in [-0.4, -0.2) is 49.8 Å². The maximum atomic E-state index is 5.89. The van der Waals surface area contributed by atoms with Crippen LogP contribution in [0, 0.1) is 5.92 Å². The lowest BCUT2D eigenvalue weighted by molar-refractivity contribution is 0.000236. The van der Waals surface area contributed by atoms with Gasteiger partial charge in [0.05, 0.1) is 6.10 Å². The standard InChI is InChI=1S/C17H36N2O/c1-5-13-20-17-7-6-11-19(14-17)12-10-18-16(4)9-8-15(2)3/h15-18H,5-14H2,1-4H3. The van der Waals surface area contributed by atoms with E-state index in [9.17, 15) is 0 Å². The number of nitrogens with one attached hydrogen (secondary N) is 1. The van der Waals surface area contributed by atoms with E-state index in [-0.39, 0.29) is 0 Å². The molecule has 0 aromatic heterocycles. The average Bonchev–Trinajstić information content (AvgIpc) is 2.43. The highest BCUT2D eigenvalue weighted by Crippen LogP contribution is 2.13. The van der Waals surface area contributed by atoms with Crippen LogP contribution in [0.15, 0.2) is 0 Å². The molecule has 1 aliphatic rings. The van der Waals surface area contributed by atoms with Crippen molar-refractivity contribution in [2.24, 2.45) is 5.92 Å². The second-order valence-electron chi connectivity index (χ2n) is 6.76. The largest absolute Gasteiger partial charge is 0.377 e. The summed E-state index contributed by atoms with van der Waals surface area (Å²) in [5.74, 6) is 0.817. The second-order valence-corrected chi connectivity index (χ2v) is 6.76. The Morgan fingerprint density at radius 1 is 1.25 bits per heavy atom. The summed E-state index contributed by atoms with van der Waals surface area (Å²) in [7, 11) is 0. The quantitative estimate of drug-likeness (QED) is 0.666. The Balaban J connectivity index is 2.08. The summed E-state index contributed by atoms with van der Waals surface area (Å²) in [5, 5.41) is 3.66. The molecule has 3 nitrogen and oxygen atoms in total. The molecular formula is C17H36N2O. The molecule has 0 aromatic rings. The van der Waals surface area contributed by atoms with Gasteiger partial charge in [-0.1, -0.05) is 20.8 Å². The topological polar surface area (TPSA) is 24.5 Å². The van der Waals surface area contributed by atoms with E-state index in [2.05, 4.69) is 37.9 Å². The van der Waals surface area contributed by atoms with Gasteiger partial charge in [-0.2, -0.15) is 0 Å². The molecular weight excluding hydrogens is 248 g/mol. The third-order valence-electron chi connectivity index (χ3n) is 4.12. The van der Waals surface area contributed by atoms with Gasteiger partial charge in [-0.3, -0.25) is 4.90 Å². The number of hydrogen-bond acceptors (Lipinski definition) is 3. The molecule has 0 aliphatic carbocycles. The third-order valence-corrected chi connectivity index (χ3v) is 4.12. The van der Waals surface area contributed by atoms with E-state index < -0.39 is 0 Å². The monoisotopic (exact) mass is 284 g/mol. The third kappa shape index (κ3) is 8.23. The zero-order valence-electron chi connectivity index (χ0n) is 14.2. The SMILES string of the molecule is CCCOC1CCCN(CCNC(C)CCC(C)C)C1. The Hall–Kier alpha value is -0.120. The van der Waals surface area contributed by atoms with Gasteiger partial charge in [0.15, 0.2) is 0 Å². The first kappa shape index (κ1) is 17.9. The average molecular weight is 284 g/mol. The summed E-state index contributed by atoms with van der Waals surface area (Å²) in [6.07, 6.45) is 6.75. The number of piperidine rings is 1. The molecule has 1 aliphatic heterocycles. The first-order chi connectivity index (χ1) is 9.61. The van der Waals surface area contributed by atoms with E-state index in [1.165, 1.54) is 32.2 Å². The molecule has 1 N–H and O–H groups in total. The van der Waals surface area contributed by atoms with E-state index in [1.807, 2.05) is 0 Å². The van der Waals surface area contributed by atoms with E-state index in [0.717, 1.165) is 38.6 Å². The van der Waals surface area contributed by atoms with Crippen LogP contribution in [-0.2, 0) is 4.74 Å². The zero-order chi connectivity index (χ0) is 14.8. The van der Waals surface area contributed by atoms with Crippen molar-refractivity contribution >= 4 is 0 Å². The molecule has 1 heterocycles. The summed E-state index contributed by atoms with van der Waals surface area (Å²) in [6, 6.07) is 0.648. The van der Waals surface area contributed by atoms with Crippen LogP contribution in [0.3, 0.4) is 0 Å². The lowest BCUT2D eigenvalue weighted by Crippen LogP contribution is -2.43. The number of rotatable bonds is 10. The van der Waals surface area contributed by atoms with E-state index >= 15 is 0 Å². The van der Waals surface area contributed by atoms with Crippen LogP contribution in [0.2, 0.25) is 0 Å². The fraction of sp³-hybridized carbons (Fsp3) is 1.00. The fourth-order valence-electron chi connectivity index (χ4n) is 2.79. The van der Waals surface area contributed by atoms with Crippen molar-refractivity contribution in [3.05, 3.63) is 0 Å². The molecule has 0 saturated carbocycles. The van der Waals surface area contributed by atoms with Crippen LogP contribution in [0.4, 0.5) is 0 Å². The minimum atomic E-state index is 0.474. The summed E-state index contributed by atoms with van der Waals surface area (Å²) in [6.45, 7) is 14.7. The van der Waals surface area contributed by atoms with Gasteiger partial charge in [0.1, 0.15) is 0 Å². The van der Waals surface area contributed by atoms with Crippen LogP contribution in [0.1, 0.15) is 59.8 Å². The van der Waals surface area contributed by atoms with Gasteiger partial charge in [-0.25, -0.2) is 0 Å². The minimum absolute atomic E-state index is 0.474. The molecule has 0 radical (unpaired) electrons. The summed E-state index contributed by atoms with van der Waals surface area (Å²) in [4.78, 5) is 2.56. The maximum Gasteiger partial charge on any atom is 0.0702 e. The molecule has 2 atom stereocenters. The highest BCUT2D eigenvalue weighted by atomic mass is 16.5. The molecule has 0 aromatic carbocycles. The fourth-order valence-corrected chi connectivity index (χ4v) is 2.79. The van der Waals surface area contributed by atoms with Gasteiger partial charge in [0, 0.05) is 32.3 Å². The van der Waals surface area contributed by atoms with Gasteiger partial charge in [-0.05, 0) is 51.5 Å². The van der Waals surface area contributed by atoms with E-state index in [4.69, 9.17) is 4.74 Å². The van der Waals surface area contributed by atoms with E-state index in [1.54, 1.807) is 0 Å². The molecule has 20 heavy (non-hydrogen) atoms. The number of ether oxygens (including phenoxy) is 1. The molecule has 0 spiro atoms. The predicted octanol–water partition coefficient (Wildman–Crippen LogP) is 3.29. The normalized spacial score (nSPS) is 22.4. The van der Waals surface area contributed by atoms with Gasteiger partial charge in [0.25, 0.3) is 0 Å². The Morgan fingerprint density at radius 3 is 2.75 bits per heavy atom. The second kappa shape index (κ2) is 10.6. The summed E-state index contributed by atoms with van der Waals surface area (Å²) < 4.78 is 5.89. The first-order valence-corrected chi connectivity index (χ1v) is 8.69. The van der Waals surface area contributed by atoms with Crippen LogP contribution < -0.4 is 5.32 Å². The highest BCUT2D eigenvalue weighted by Gasteiger charge is 2.19. The molecule has 0 bridgehead atoms. The van der Waals surface area contributed by atoms with Gasteiger partial charge in [-0.15, -0.1) is 0 Å². The smallest absolute Gasteiger partial charge is 0.0702 e. The van der Waals surface area contributed by atoms with Crippen molar-refractivity contribution in [3.8, 4) is 0 Å². The van der Waals surface area contributed by atoms with Gasteiger partial charge in [0.2, 0.25) is 0 Å². The van der Waals surface area contributed by atoms with Gasteiger partial charge >= 0.3 is 0 Å². The minimum Gasteiger partial charge on any atom is -0.377 e. The molecule has 120 valence electrons. The Bertz CT molecular complexity index is 233. The lowest BCUT2D eigenvalue weighted by Gasteiger charge is -2.33. The lowest BCUT2D eigenvalue weighted by atomic mass is 10.0. The molecule has 1 fully saturated rings. The Kier molecular flexibility index (Phi) is 9.49. The van der Waals surface area contributed by atoms with Crippen molar-refractivity contribution in [3.63, 3.8) is 0 Å². The molecule has 1 rings (SSSR count). The van der Waals surface area contributed by atoms with Crippen LogP contribution >= 0.6 is 0 Å². The van der Waals surface area contributed by atoms with Gasteiger partial charge < -0.3 is 10.1 Å². The maximum absolute atomic E-state index is 5.89. The van der Waals surface area contributed by atoms with Crippen molar-refractivity contribution < 1.29 is 4.74 Å². The molecule has 1 saturated heterocycles. The molecule has 2 unspecified atom stereocenters. The molecule has 3 heteroatoms. The molecule has 0 amide bonds. The Labute approximate surface area is 126 Å². The highest BCUT2D eigenvalue weighted by molar-refractivity contribution is 4.74. The zero-order valence-corrected chi connectivity index (χ0v) is 14.2.